The number of nitrogens with one attached hydrogen (secondary N) is 1. The smallest absolute Gasteiger partial charge is 0.223 e. The summed E-state index contributed by atoms with van der Waals surface area (Å²) in [5.74, 6) is -0.320. The zero-order valence-corrected chi connectivity index (χ0v) is 19.6. The van der Waals surface area contributed by atoms with Crippen LogP contribution in [-0.4, -0.2) is 54.1 Å². The number of halogens is 1. The maximum atomic E-state index is 14.6. The lowest BCUT2D eigenvalue weighted by atomic mass is 9.95. The van der Waals surface area contributed by atoms with E-state index < -0.39 is 0 Å². The molecule has 2 N–H and O–H groups in total. The monoisotopic (exact) mass is 467 g/mol. The predicted molar refractivity (Wildman–Crippen MR) is 130 cm³/mol. The largest absolute Gasteiger partial charge is 0.393 e. The molecule has 2 saturated heterocycles. The van der Waals surface area contributed by atoms with E-state index in [0.717, 1.165) is 17.5 Å². The number of amides is 2. The molecular formula is C27H34FN3O3. The first kappa shape index (κ1) is 24.2. The van der Waals surface area contributed by atoms with Gasteiger partial charge in [0, 0.05) is 45.1 Å². The van der Waals surface area contributed by atoms with Gasteiger partial charge in [0.25, 0.3) is 0 Å². The van der Waals surface area contributed by atoms with Gasteiger partial charge in [-0.05, 0) is 55.4 Å². The van der Waals surface area contributed by atoms with Crippen molar-refractivity contribution < 1.29 is 19.1 Å². The van der Waals surface area contributed by atoms with Crippen LogP contribution >= 0.6 is 0 Å². The first-order valence-corrected chi connectivity index (χ1v) is 12.3. The summed E-state index contributed by atoms with van der Waals surface area (Å²) in [5, 5.41) is 12.6. The van der Waals surface area contributed by atoms with Crippen LogP contribution in [0, 0.1) is 11.7 Å². The second-order valence-corrected chi connectivity index (χ2v) is 9.36. The molecule has 2 aromatic rings. The number of aliphatic hydroxyl groups excluding tert-OH is 1. The average molecular weight is 468 g/mol. The molecule has 0 aliphatic carbocycles. The van der Waals surface area contributed by atoms with Crippen LogP contribution in [0.2, 0.25) is 0 Å². The summed E-state index contributed by atoms with van der Waals surface area (Å²) < 4.78 is 14.6. The summed E-state index contributed by atoms with van der Waals surface area (Å²) >= 11 is 0. The minimum Gasteiger partial charge on any atom is -0.393 e. The molecule has 0 saturated carbocycles. The zero-order valence-electron chi connectivity index (χ0n) is 19.6. The van der Waals surface area contributed by atoms with E-state index in [9.17, 15) is 19.1 Å². The van der Waals surface area contributed by atoms with Gasteiger partial charge in [-0.2, -0.15) is 0 Å². The van der Waals surface area contributed by atoms with Crippen LogP contribution in [0.5, 0.6) is 0 Å². The second-order valence-electron chi connectivity index (χ2n) is 9.36. The summed E-state index contributed by atoms with van der Waals surface area (Å²) in [4.78, 5) is 29.0. The number of rotatable bonds is 7. The van der Waals surface area contributed by atoms with Crippen molar-refractivity contribution in [3.05, 3.63) is 65.5 Å². The highest BCUT2D eigenvalue weighted by molar-refractivity contribution is 5.80. The molecule has 0 spiro atoms. The number of piperidine rings is 2. The van der Waals surface area contributed by atoms with Crippen LogP contribution < -0.4 is 10.2 Å². The molecule has 2 fully saturated rings. The van der Waals surface area contributed by atoms with Crippen molar-refractivity contribution in [3.8, 4) is 0 Å². The lowest BCUT2D eigenvalue weighted by Crippen LogP contribution is -2.43. The van der Waals surface area contributed by atoms with Crippen molar-refractivity contribution in [2.24, 2.45) is 5.92 Å². The molecular weight excluding hydrogens is 433 g/mol. The normalized spacial score (nSPS) is 17.6. The highest BCUT2D eigenvalue weighted by atomic mass is 19.1. The van der Waals surface area contributed by atoms with Crippen molar-refractivity contribution in [2.75, 3.05) is 31.1 Å². The lowest BCUT2D eigenvalue weighted by Gasteiger charge is -2.32. The molecule has 4 rings (SSSR count). The molecule has 2 aliphatic heterocycles. The summed E-state index contributed by atoms with van der Waals surface area (Å²) in [6.07, 6.45) is 3.51. The number of anilines is 1. The topological polar surface area (TPSA) is 72.9 Å². The number of hydrogen-bond donors (Lipinski definition) is 2. The van der Waals surface area contributed by atoms with E-state index in [4.69, 9.17) is 0 Å². The van der Waals surface area contributed by atoms with E-state index in [1.165, 1.54) is 6.07 Å². The summed E-state index contributed by atoms with van der Waals surface area (Å²) in [7, 11) is 0. The number of likely N-dealkylation sites (tertiary alicyclic amines) is 1. The number of aryl methyl sites for hydroxylation is 1. The molecule has 0 radical (unpaired) electrons. The fraction of sp³-hybridized carbons (Fsp3) is 0.481. The van der Waals surface area contributed by atoms with Crippen molar-refractivity contribution in [3.63, 3.8) is 0 Å². The van der Waals surface area contributed by atoms with Gasteiger partial charge in [-0.3, -0.25) is 9.59 Å². The Labute approximate surface area is 200 Å². The Morgan fingerprint density at radius 1 is 0.941 bits per heavy atom. The molecule has 0 bridgehead atoms. The van der Waals surface area contributed by atoms with E-state index in [1.807, 2.05) is 46.2 Å². The third kappa shape index (κ3) is 6.35. The van der Waals surface area contributed by atoms with Crippen LogP contribution in [0.25, 0.3) is 0 Å². The van der Waals surface area contributed by atoms with E-state index >= 15 is 0 Å². The van der Waals surface area contributed by atoms with Crippen LogP contribution in [0.3, 0.4) is 0 Å². The first-order valence-electron chi connectivity index (χ1n) is 12.3. The number of benzene rings is 2. The highest BCUT2D eigenvalue weighted by Crippen LogP contribution is 2.25. The van der Waals surface area contributed by atoms with Gasteiger partial charge in [0.15, 0.2) is 0 Å². The fourth-order valence-corrected chi connectivity index (χ4v) is 4.80. The number of nitrogens with zero attached hydrogens (tertiary/aromatic N) is 2. The fourth-order valence-electron chi connectivity index (χ4n) is 4.80. The Hall–Kier alpha value is -2.93. The van der Waals surface area contributed by atoms with E-state index in [0.29, 0.717) is 64.0 Å². The molecule has 7 heteroatoms. The standard InChI is InChI=1S/C27H34FN3O3/c28-24-18-21(6-8-25(24)30-16-12-23(32)13-17-30)19-29-27(34)22-10-14-31(15-11-22)26(33)9-7-20-4-2-1-3-5-20/h1-6,8,18,22-23,32H,7,9-17,19H2,(H,29,34). The maximum absolute atomic E-state index is 14.6. The molecule has 2 amide bonds. The van der Waals surface area contributed by atoms with Crippen molar-refractivity contribution in [1.82, 2.24) is 10.2 Å². The number of hydrogen-bond acceptors (Lipinski definition) is 4. The molecule has 182 valence electrons. The average Bonchev–Trinajstić information content (AvgIpc) is 2.87. The molecule has 6 nitrogen and oxygen atoms in total. The Morgan fingerprint density at radius 3 is 2.32 bits per heavy atom. The third-order valence-electron chi connectivity index (χ3n) is 6.97. The zero-order chi connectivity index (χ0) is 23.9. The third-order valence-corrected chi connectivity index (χ3v) is 6.97. The minimum absolute atomic E-state index is 0.0362. The van der Waals surface area contributed by atoms with Gasteiger partial charge >= 0.3 is 0 Å². The van der Waals surface area contributed by atoms with E-state index in [1.54, 1.807) is 6.07 Å². The van der Waals surface area contributed by atoms with Gasteiger partial charge < -0.3 is 20.2 Å². The van der Waals surface area contributed by atoms with E-state index in [-0.39, 0.29) is 36.2 Å². The van der Waals surface area contributed by atoms with Gasteiger partial charge in [-0.15, -0.1) is 0 Å². The van der Waals surface area contributed by atoms with Gasteiger partial charge in [-0.25, -0.2) is 4.39 Å². The molecule has 2 heterocycles. The predicted octanol–water partition coefficient (Wildman–Crippen LogP) is 3.27. The summed E-state index contributed by atoms with van der Waals surface area (Å²) in [5.41, 5.74) is 2.43. The van der Waals surface area contributed by atoms with Crippen LogP contribution in [0.15, 0.2) is 48.5 Å². The maximum Gasteiger partial charge on any atom is 0.223 e. The van der Waals surface area contributed by atoms with Gasteiger partial charge in [0.05, 0.1) is 11.8 Å². The van der Waals surface area contributed by atoms with Gasteiger partial charge in [-0.1, -0.05) is 36.4 Å². The van der Waals surface area contributed by atoms with Crippen LogP contribution in [0.1, 0.15) is 43.2 Å². The number of aliphatic hydroxyl groups is 1. The SMILES string of the molecule is O=C(NCc1ccc(N2CCC(O)CC2)c(F)c1)C1CCN(C(=O)CCc2ccccc2)CC1. The van der Waals surface area contributed by atoms with Crippen molar-refractivity contribution >= 4 is 17.5 Å². The Balaban J connectivity index is 1.20. The number of carbonyl (C=O) groups excluding carboxylic acids is 2. The molecule has 0 unspecified atom stereocenters. The highest BCUT2D eigenvalue weighted by Gasteiger charge is 2.27. The molecule has 34 heavy (non-hydrogen) atoms. The first-order chi connectivity index (χ1) is 16.5. The molecule has 0 atom stereocenters. The van der Waals surface area contributed by atoms with Crippen LogP contribution in [-0.2, 0) is 22.6 Å². The Bertz CT molecular complexity index is 968. The van der Waals surface area contributed by atoms with Gasteiger partial charge in [0.1, 0.15) is 5.82 Å². The van der Waals surface area contributed by atoms with Gasteiger partial charge in [0.2, 0.25) is 11.8 Å². The van der Waals surface area contributed by atoms with Crippen molar-refractivity contribution in [2.45, 2.75) is 51.2 Å². The second kappa shape index (κ2) is 11.5. The van der Waals surface area contributed by atoms with E-state index in [2.05, 4.69) is 5.32 Å². The minimum atomic E-state index is -0.300. The summed E-state index contributed by atoms with van der Waals surface area (Å²) in [6.45, 7) is 2.76. The lowest BCUT2D eigenvalue weighted by molar-refractivity contribution is -0.135. The molecule has 0 aromatic heterocycles. The van der Waals surface area contributed by atoms with Crippen LogP contribution in [0.4, 0.5) is 10.1 Å². The Kier molecular flexibility index (Phi) is 8.16. The quantitative estimate of drug-likeness (QED) is 0.656. The molecule has 2 aromatic carbocycles. The Morgan fingerprint density at radius 2 is 1.65 bits per heavy atom. The van der Waals surface area contributed by atoms with Crippen molar-refractivity contribution in [1.29, 1.82) is 0 Å². The summed E-state index contributed by atoms with van der Waals surface area (Å²) in [6, 6.07) is 15.1. The number of carbonyl (C=O) groups is 2. The molecule has 2 aliphatic rings.